The average molecular weight is 470 g/mol. The zero-order valence-electron chi connectivity index (χ0n) is 18.1. The SMILES string of the molecule is Cc1ccc(C(=O)Nc2cncc(C(F)(F)F)c2)cc1[C@@H]1CCN(c2cnccc2C(=O)O)C1. The number of hydrogen-bond donors (Lipinski definition) is 2. The molecule has 1 amide bonds. The van der Waals surface area contributed by atoms with Gasteiger partial charge in [0.15, 0.2) is 0 Å². The summed E-state index contributed by atoms with van der Waals surface area (Å²) in [6, 6.07) is 7.45. The Bertz CT molecular complexity index is 1250. The maximum atomic E-state index is 12.9. The van der Waals surface area contributed by atoms with Gasteiger partial charge in [0.1, 0.15) is 0 Å². The van der Waals surface area contributed by atoms with E-state index in [0.29, 0.717) is 30.5 Å². The topological polar surface area (TPSA) is 95.4 Å². The molecule has 176 valence electrons. The molecule has 1 atom stereocenters. The Labute approximate surface area is 193 Å². The fourth-order valence-electron chi connectivity index (χ4n) is 4.14. The number of rotatable bonds is 5. The standard InChI is InChI=1S/C24H21F3N4O3/c1-14-2-3-15(22(32)30-18-9-17(10-29-11-18)24(25,26)27)8-20(14)16-5-7-31(13-16)21-12-28-6-4-19(21)23(33)34/h2-4,6,8-12,16H,5,7,13H2,1H3,(H,30,32)(H,33,34)/t16-/m1/s1. The zero-order valence-corrected chi connectivity index (χ0v) is 18.1. The number of carboxylic acids is 1. The van der Waals surface area contributed by atoms with Crippen LogP contribution >= 0.6 is 0 Å². The number of carbonyl (C=O) groups excluding carboxylic acids is 1. The predicted octanol–water partition coefficient (Wildman–Crippen LogP) is 4.75. The van der Waals surface area contributed by atoms with E-state index in [4.69, 9.17) is 0 Å². The first kappa shape index (κ1) is 23.2. The maximum Gasteiger partial charge on any atom is 0.417 e. The van der Waals surface area contributed by atoms with Gasteiger partial charge in [-0.2, -0.15) is 13.2 Å². The Hall–Kier alpha value is -3.95. The van der Waals surface area contributed by atoms with Crippen molar-refractivity contribution in [1.82, 2.24) is 9.97 Å². The van der Waals surface area contributed by atoms with Gasteiger partial charge in [0.05, 0.1) is 34.9 Å². The first-order valence-corrected chi connectivity index (χ1v) is 10.5. The van der Waals surface area contributed by atoms with E-state index < -0.39 is 23.6 Å². The van der Waals surface area contributed by atoms with Crippen molar-refractivity contribution in [3.05, 3.63) is 82.9 Å². The highest BCUT2D eigenvalue weighted by Crippen LogP contribution is 2.34. The van der Waals surface area contributed by atoms with Gasteiger partial charge in [-0.3, -0.25) is 14.8 Å². The number of aromatic carboxylic acids is 1. The van der Waals surface area contributed by atoms with E-state index in [-0.39, 0.29) is 17.2 Å². The molecule has 0 radical (unpaired) electrons. The number of pyridine rings is 2. The first-order valence-electron chi connectivity index (χ1n) is 10.5. The summed E-state index contributed by atoms with van der Waals surface area (Å²) in [4.78, 5) is 33.9. The Morgan fingerprint density at radius 3 is 2.65 bits per heavy atom. The Kier molecular flexibility index (Phi) is 6.23. The fraction of sp³-hybridized carbons (Fsp3) is 0.250. The molecule has 1 saturated heterocycles. The normalized spacial score (nSPS) is 15.9. The van der Waals surface area contributed by atoms with E-state index >= 15 is 0 Å². The van der Waals surface area contributed by atoms with Crippen molar-refractivity contribution >= 4 is 23.3 Å². The van der Waals surface area contributed by atoms with Crippen LogP contribution in [0, 0.1) is 6.92 Å². The summed E-state index contributed by atoms with van der Waals surface area (Å²) in [6.07, 6.45) is 1.01. The maximum absolute atomic E-state index is 12.9. The predicted molar refractivity (Wildman–Crippen MR) is 119 cm³/mol. The number of alkyl halides is 3. The zero-order chi connectivity index (χ0) is 24.5. The van der Waals surface area contributed by atoms with Gasteiger partial charge in [0.25, 0.3) is 5.91 Å². The first-order chi connectivity index (χ1) is 16.1. The van der Waals surface area contributed by atoms with Gasteiger partial charge >= 0.3 is 12.1 Å². The van der Waals surface area contributed by atoms with Crippen LogP contribution in [0.4, 0.5) is 24.5 Å². The van der Waals surface area contributed by atoms with Crippen LogP contribution in [-0.4, -0.2) is 40.0 Å². The van der Waals surface area contributed by atoms with Gasteiger partial charge in [0.2, 0.25) is 0 Å². The largest absolute Gasteiger partial charge is 0.478 e. The van der Waals surface area contributed by atoms with Crippen LogP contribution in [0.3, 0.4) is 0 Å². The number of amides is 1. The van der Waals surface area contributed by atoms with Gasteiger partial charge in [0, 0.05) is 37.0 Å². The Morgan fingerprint density at radius 1 is 1.12 bits per heavy atom. The molecule has 7 nitrogen and oxygen atoms in total. The summed E-state index contributed by atoms with van der Waals surface area (Å²) in [5.74, 6) is -1.53. The van der Waals surface area contributed by atoms with Gasteiger partial charge in [-0.15, -0.1) is 0 Å². The summed E-state index contributed by atoms with van der Waals surface area (Å²) in [7, 11) is 0. The molecule has 3 aromatic rings. The number of nitrogens with zero attached hydrogens (tertiary/aromatic N) is 3. The third kappa shape index (κ3) is 4.85. The van der Waals surface area contributed by atoms with Crippen LogP contribution in [0.15, 0.2) is 55.1 Å². The van der Waals surface area contributed by atoms with Crippen LogP contribution in [0.25, 0.3) is 0 Å². The van der Waals surface area contributed by atoms with Crippen LogP contribution < -0.4 is 10.2 Å². The van der Waals surface area contributed by atoms with Crippen LogP contribution in [0.5, 0.6) is 0 Å². The van der Waals surface area contributed by atoms with Crippen molar-refractivity contribution in [3.8, 4) is 0 Å². The minimum absolute atomic E-state index is 0.0461. The molecule has 0 spiro atoms. The molecule has 2 aromatic heterocycles. The Morgan fingerprint density at radius 2 is 1.91 bits per heavy atom. The second-order valence-corrected chi connectivity index (χ2v) is 8.12. The minimum Gasteiger partial charge on any atom is -0.478 e. The van der Waals surface area contributed by atoms with Crippen molar-refractivity contribution in [2.75, 3.05) is 23.3 Å². The molecule has 4 rings (SSSR count). The third-order valence-electron chi connectivity index (χ3n) is 5.86. The quantitative estimate of drug-likeness (QED) is 0.559. The van der Waals surface area contributed by atoms with E-state index in [1.165, 1.54) is 18.5 Å². The number of hydrogen-bond acceptors (Lipinski definition) is 5. The Balaban J connectivity index is 1.53. The summed E-state index contributed by atoms with van der Waals surface area (Å²) in [5, 5.41) is 11.9. The van der Waals surface area contributed by atoms with Crippen LogP contribution in [-0.2, 0) is 6.18 Å². The van der Waals surface area contributed by atoms with Crippen molar-refractivity contribution in [1.29, 1.82) is 0 Å². The van der Waals surface area contributed by atoms with Crippen molar-refractivity contribution in [3.63, 3.8) is 0 Å². The molecule has 1 aromatic carbocycles. The lowest BCUT2D eigenvalue weighted by Crippen LogP contribution is -2.22. The average Bonchev–Trinajstić information content (AvgIpc) is 3.29. The van der Waals surface area contributed by atoms with Gasteiger partial charge in [-0.1, -0.05) is 6.07 Å². The van der Waals surface area contributed by atoms with Crippen molar-refractivity contribution < 1.29 is 27.9 Å². The number of aromatic nitrogens is 2. The smallest absolute Gasteiger partial charge is 0.417 e. The molecular weight excluding hydrogens is 449 g/mol. The molecule has 1 aliphatic rings. The number of aryl methyl sites for hydroxylation is 1. The van der Waals surface area contributed by atoms with E-state index in [1.807, 2.05) is 11.8 Å². The number of nitrogens with one attached hydrogen (secondary N) is 1. The highest BCUT2D eigenvalue weighted by Gasteiger charge is 2.31. The number of carbonyl (C=O) groups is 2. The van der Waals surface area contributed by atoms with Crippen molar-refractivity contribution in [2.24, 2.45) is 0 Å². The lowest BCUT2D eigenvalue weighted by molar-refractivity contribution is -0.137. The number of anilines is 2. The molecule has 1 aliphatic heterocycles. The number of halogens is 3. The molecule has 2 N–H and O–H groups in total. The summed E-state index contributed by atoms with van der Waals surface area (Å²) in [5.41, 5.74) is 1.93. The second kappa shape index (κ2) is 9.12. The van der Waals surface area contributed by atoms with E-state index in [1.54, 1.807) is 18.2 Å². The summed E-state index contributed by atoms with van der Waals surface area (Å²) in [6.45, 7) is 3.10. The lowest BCUT2D eigenvalue weighted by atomic mass is 9.92. The van der Waals surface area contributed by atoms with E-state index in [0.717, 1.165) is 29.8 Å². The molecule has 0 unspecified atom stereocenters. The lowest BCUT2D eigenvalue weighted by Gasteiger charge is -2.21. The van der Waals surface area contributed by atoms with E-state index in [9.17, 15) is 27.9 Å². The molecule has 10 heteroatoms. The summed E-state index contributed by atoms with van der Waals surface area (Å²) >= 11 is 0. The molecule has 0 aliphatic carbocycles. The highest BCUT2D eigenvalue weighted by atomic mass is 19.4. The van der Waals surface area contributed by atoms with Gasteiger partial charge in [-0.25, -0.2) is 4.79 Å². The van der Waals surface area contributed by atoms with Gasteiger partial charge < -0.3 is 15.3 Å². The fourth-order valence-corrected chi connectivity index (χ4v) is 4.14. The third-order valence-corrected chi connectivity index (χ3v) is 5.86. The van der Waals surface area contributed by atoms with Crippen LogP contribution in [0.1, 0.15) is 49.7 Å². The second-order valence-electron chi connectivity index (χ2n) is 8.12. The number of carboxylic acid groups (broad SMARTS) is 1. The number of benzene rings is 1. The molecule has 1 fully saturated rings. The monoisotopic (exact) mass is 470 g/mol. The van der Waals surface area contributed by atoms with Gasteiger partial charge in [-0.05, 0) is 48.7 Å². The molecular formula is C24H21F3N4O3. The molecule has 0 bridgehead atoms. The summed E-state index contributed by atoms with van der Waals surface area (Å²) < 4.78 is 38.8. The molecule has 34 heavy (non-hydrogen) atoms. The minimum atomic E-state index is -4.56. The highest BCUT2D eigenvalue weighted by molar-refractivity contribution is 6.04. The van der Waals surface area contributed by atoms with Crippen LogP contribution in [0.2, 0.25) is 0 Å². The van der Waals surface area contributed by atoms with E-state index in [2.05, 4.69) is 15.3 Å². The molecule has 0 saturated carbocycles. The van der Waals surface area contributed by atoms with Crippen molar-refractivity contribution in [2.45, 2.75) is 25.4 Å². The molecule has 3 heterocycles.